The molecular formula is C14H30N2. The second kappa shape index (κ2) is 8.08. The molecule has 0 spiro atoms. The first kappa shape index (κ1) is 14.0. The maximum absolute atomic E-state index is 3.54. The second-order valence-corrected chi connectivity index (χ2v) is 5.39. The van der Waals surface area contributed by atoms with Gasteiger partial charge in [0.2, 0.25) is 0 Å². The lowest BCUT2D eigenvalue weighted by atomic mass is 10.0. The lowest BCUT2D eigenvalue weighted by Gasteiger charge is -2.31. The zero-order valence-electron chi connectivity index (χ0n) is 11.5. The highest BCUT2D eigenvalue weighted by atomic mass is 15.2. The van der Waals surface area contributed by atoms with Gasteiger partial charge in [0.25, 0.3) is 0 Å². The molecule has 0 amide bonds. The van der Waals surface area contributed by atoms with Crippen molar-refractivity contribution in [1.82, 2.24) is 10.2 Å². The van der Waals surface area contributed by atoms with E-state index >= 15 is 0 Å². The predicted molar refractivity (Wildman–Crippen MR) is 71.8 cm³/mol. The van der Waals surface area contributed by atoms with Crippen molar-refractivity contribution in [1.29, 1.82) is 0 Å². The van der Waals surface area contributed by atoms with Crippen LogP contribution >= 0.6 is 0 Å². The monoisotopic (exact) mass is 226 g/mol. The molecule has 0 aliphatic carbocycles. The zero-order chi connectivity index (χ0) is 11.8. The van der Waals surface area contributed by atoms with Crippen molar-refractivity contribution in [2.24, 2.45) is 5.92 Å². The lowest BCUT2D eigenvalue weighted by Crippen LogP contribution is -2.39. The Labute approximate surface area is 102 Å². The number of rotatable bonds is 6. The Morgan fingerprint density at radius 3 is 2.75 bits per heavy atom. The third kappa shape index (κ3) is 4.84. The summed E-state index contributed by atoms with van der Waals surface area (Å²) in [4.78, 5) is 2.74. The molecule has 1 heterocycles. The smallest absolute Gasteiger partial charge is 0.0110 e. The van der Waals surface area contributed by atoms with Gasteiger partial charge in [0.1, 0.15) is 0 Å². The molecular weight excluding hydrogens is 196 g/mol. The number of nitrogens with one attached hydrogen (secondary N) is 1. The van der Waals surface area contributed by atoms with E-state index in [-0.39, 0.29) is 0 Å². The Morgan fingerprint density at radius 1 is 1.25 bits per heavy atom. The zero-order valence-corrected chi connectivity index (χ0v) is 11.5. The van der Waals surface area contributed by atoms with Crippen LogP contribution in [0.15, 0.2) is 0 Å². The van der Waals surface area contributed by atoms with Crippen LogP contribution in [0.25, 0.3) is 0 Å². The van der Waals surface area contributed by atoms with E-state index in [0.29, 0.717) is 0 Å². The fraction of sp³-hybridized carbons (Fsp3) is 1.00. The molecule has 0 aromatic rings. The minimum Gasteiger partial charge on any atom is -0.315 e. The van der Waals surface area contributed by atoms with Gasteiger partial charge in [-0.05, 0) is 25.3 Å². The van der Waals surface area contributed by atoms with Gasteiger partial charge in [-0.1, -0.05) is 40.0 Å². The molecule has 1 rings (SSSR count). The Balaban J connectivity index is 2.45. The van der Waals surface area contributed by atoms with Gasteiger partial charge in [-0.2, -0.15) is 0 Å². The molecule has 16 heavy (non-hydrogen) atoms. The third-order valence-corrected chi connectivity index (χ3v) is 3.64. The maximum Gasteiger partial charge on any atom is 0.0110 e. The van der Waals surface area contributed by atoms with Crippen molar-refractivity contribution < 1.29 is 0 Å². The first-order chi connectivity index (χ1) is 7.77. The molecule has 1 aliphatic heterocycles. The van der Waals surface area contributed by atoms with E-state index in [1.807, 2.05) is 0 Å². The lowest BCUT2D eigenvalue weighted by molar-refractivity contribution is 0.168. The molecule has 0 aromatic carbocycles. The van der Waals surface area contributed by atoms with Crippen molar-refractivity contribution in [2.75, 3.05) is 26.2 Å². The Morgan fingerprint density at radius 2 is 2.06 bits per heavy atom. The molecule has 0 bridgehead atoms. The standard InChI is InChI=1S/C14H30N2/c1-4-6-8-14(7-5-2)16-10-9-15-11-13(3)12-16/h13-15H,4-12H2,1-3H3. The highest BCUT2D eigenvalue weighted by Crippen LogP contribution is 2.17. The van der Waals surface area contributed by atoms with Crippen LogP contribution in [0.4, 0.5) is 0 Å². The Hall–Kier alpha value is -0.0800. The van der Waals surface area contributed by atoms with E-state index < -0.39 is 0 Å². The van der Waals surface area contributed by atoms with Crippen molar-refractivity contribution >= 4 is 0 Å². The van der Waals surface area contributed by atoms with Crippen LogP contribution in [0.3, 0.4) is 0 Å². The normalized spacial score (nSPS) is 25.3. The minimum absolute atomic E-state index is 0.809. The summed E-state index contributed by atoms with van der Waals surface area (Å²) in [6.45, 7) is 11.9. The number of hydrogen-bond donors (Lipinski definition) is 1. The minimum atomic E-state index is 0.809. The molecule has 1 saturated heterocycles. The molecule has 2 nitrogen and oxygen atoms in total. The predicted octanol–water partition coefficient (Wildman–Crippen LogP) is 2.89. The topological polar surface area (TPSA) is 15.3 Å². The maximum atomic E-state index is 3.54. The van der Waals surface area contributed by atoms with Crippen LogP contribution in [-0.4, -0.2) is 37.1 Å². The summed E-state index contributed by atoms with van der Waals surface area (Å²) >= 11 is 0. The average molecular weight is 226 g/mol. The van der Waals surface area contributed by atoms with Crippen molar-refractivity contribution in [2.45, 2.75) is 58.9 Å². The number of hydrogen-bond acceptors (Lipinski definition) is 2. The fourth-order valence-electron chi connectivity index (χ4n) is 2.74. The van der Waals surface area contributed by atoms with Crippen LogP contribution in [0.5, 0.6) is 0 Å². The van der Waals surface area contributed by atoms with Crippen LogP contribution < -0.4 is 5.32 Å². The molecule has 96 valence electrons. The highest BCUT2D eigenvalue weighted by molar-refractivity contribution is 4.77. The molecule has 1 N–H and O–H groups in total. The average Bonchev–Trinajstić information content (AvgIpc) is 2.49. The third-order valence-electron chi connectivity index (χ3n) is 3.64. The van der Waals surface area contributed by atoms with E-state index in [9.17, 15) is 0 Å². The van der Waals surface area contributed by atoms with Gasteiger partial charge in [0.15, 0.2) is 0 Å². The van der Waals surface area contributed by atoms with Gasteiger partial charge in [-0.15, -0.1) is 0 Å². The van der Waals surface area contributed by atoms with Crippen LogP contribution in [0.2, 0.25) is 0 Å². The SMILES string of the molecule is CCCCC(CCC)N1CCNCC(C)C1. The molecule has 1 fully saturated rings. The van der Waals surface area contributed by atoms with Gasteiger partial charge in [0.05, 0.1) is 0 Å². The van der Waals surface area contributed by atoms with E-state index in [1.54, 1.807) is 0 Å². The summed E-state index contributed by atoms with van der Waals surface area (Å²) in [5, 5.41) is 3.54. The van der Waals surface area contributed by atoms with E-state index in [2.05, 4.69) is 31.0 Å². The van der Waals surface area contributed by atoms with Crippen LogP contribution in [0.1, 0.15) is 52.9 Å². The van der Waals surface area contributed by atoms with Crippen molar-refractivity contribution in [3.8, 4) is 0 Å². The molecule has 1 aliphatic rings. The first-order valence-electron chi connectivity index (χ1n) is 7.22. The van der Waals surface area contributed by atoms with Crippen LogP contribution in [0, 0.1) is 5.92 Å². The molecule has 0 saturated carbocycles. The quantitative estimate of drug-likeness (QED) is 0.749. The molecule has 2 atom stereocenters. The summed E-state index contributed by atoms with van der Waals surface area (Å²) in [7, 11) is 0. The Kier molecular flexibility index (Phi) is 7.06. The van der Waals surface area contributed by atoms with Gasteiger partial charge < -0.3 is 5.32 Å². The van der Waals surface area contributed by atoms with Gasteiger partial charge in [-0.3, -0.25) is 4.90 Å². The van der Waals surface area contributed by atoms with Gasteiger partial charge in [-0.25, -0.2) is 0 Å². The van der Waals surface area contributed by atoms with E-state index in [1.165, 1.54) is 58.3 Å². The van der Waals surface area contributed by atoms with Crippen molar-refractivity contribution in [3.05, 3.63) is 0 Å². The fourth-order valence-corrected chi connectivity index (χ4v) is 2.74. The van der Waals surface area contributed by atoms with Gasteiger partial charge in [0, 0.05) is 25.7 Å². The van der Waals surface area contributed by atoms with Crippen LogP contribution in [-0.2, 0) is 0 Å². The van der Waals surface area contributed by atoms with Crippen molar-refractivity contribution in [3.63, 3.8) is 0 Å². The summed E-state index contributed by atoms with van der Waals surface area (Å²) in [5.74, 6) is 0.809. The Bertz CT molecular complexity index is 170. The molecule has 0 radical (unpaired) electrons. The van der Waals surface area contributed by atoms with Gasteiger partial charge >= 0.3 is 0 Å². The summed E-state index contributed by atoms with van der Waals surface area (Å²) < 4.78 is 0. The number of unbranched alkanes of at least 4 members (excludes halogenated alkanes) is 1. The largest absolute Gasteiger partial charge is 0.315 e. The molecule has 0 aromatic heterocycles. The number of nitrogens with zero attached hydrogens (tertiary/aromatic N) is 1. The van der Waals surface area contributed by atoms with E-state index in [0.717, 1.165) is 12.0 Å². The summed E-state index contributed by atoms with van der Waals surface area (Å²) in [6.07, 6.45) is 6.83. The summed E-state index contributed by atoms with van der Waals surface area (Å²) in [6, 6.07) is 0.840. The second-order valence-electron chi connectivity index (χ2n) is 5.39. The van der Waals surface area contributed by atoms with E-state index in [4.69, 9.17) is 0 Å². The first-order valence-corrected chi connectivity index (χ1v) is 7.22. The summed E-state index contributed by atoms with van der Waals surface area (Å²) in [5.41, 5.74) is 0. The molecule has 2 unspecified atom stereocenters. The molecule has 2 heteroatoms. The highest BCUT2D eigenvalue weighted by Gasteiger charge is 2.21.